The predicted octanol–water partition coefficient (Wildman–Crippen LogP) is 3.38. The molecule has 21 heavy (non-hydrogen) atoms. The number of nitrogens with one attached hydrogen (secondary N) is 1. The van der Waals surface area contributed by atoms with E-state index < -0.39 is 5.97 Å². The summed E-state index contributed by atoms with van der Waals surface area (Å²) in [6, 6.07) is 15.1. The van der Waals surface area contributed by atoms with Gasteiger partial charge in [0, 0.05) is 11.1 Å². The molecule has 0 aliphatic heterocycles. The van der Waals surface area contributed by atoms with Gasteiger partial charge in [-0.25, -0.2) is 14.8 Å². The molecular formula is C16H13N3O2. The molecule has 0 amide bonds. The zero-order chi connectivity index (χ0) is 14.8. The molecule has 0 aliphatic rings. The molecule has 0 radical (unpaired) electrons. The number of aryl methyl sites for hydroxylation is 1. The highest BCUT2D eigenvalue weighted by Gasteiger charge is 2.12. The van der Waals surface area contributed by atoms with Crippen LogP contribution >= 0.6 is 0 Å². The van der Waals surface area contributed by atoms with Gasteiger partial charge in [0.15, 0.2) is 0 Å². The number of hydrogen-bond acceptors (Lipinski definition) is 4. The molecule has 1 heterocycles. The van der Waals surface area contributed by atoms with Crippen molar-refractivity contribution >= 4 is 28.4 Å². The third-order valence-electron chi connectivity index (χ3n) is 3.11. The van der Waals surface area contributed by atoms with Gasteiger partial charge in [-0.1, -0.05) is 29.8 Å². The number of benzene rings is 2. The minimum atomic E-state index is -1.15. The van der Waals surface area contributed by atoms with E-state index in [9.17, 15) is 4.79 Å². The zero-order valence-corrected chi connectivity index (χ0v) is 11.4. The van der Waals surface area contributed by atoms with Crippen LogP contribution < -0.4 is 5.32 Å². The molecule has 0 spiro atoms. The normalized spacial score (nSPS) is 10.5. The third-order valence-corrected chi connectivity index (χ3v) is 3.11. The first-order valence-electron chi connectivity index (χ1n) is 6.47. The van der Waals surface area contributed by atoms with Crippen molar-refractivity contribution in [3.05, 3.63) is 59.9 Å². The van der Waals surface area contributed by atoms with E-state index in [1.54, 1.807) is 6.07 Å². The van der Waals surface area contributed by atoms with Crippen molar-refractivity contribution in [2.45, 2.75) is 6.92 Å². The van der Waals surface area contributed by atoms with Gasteiger partial charge in [0.25, 0.3) is 0 Å². The molecule has 104 valence electrons. The average molecular weight is 279 g/mol. The van der Waals surface area contributed by atoms with E-state index in [1.165, 1.54) is 0 Å². The van der Waals surface area contributed by atoms with E-state index in [0.29, 0.717) is 11.3 Å². The number of nitrogens with zero attached hydrogens (tertiary/aromatic N) is 2. The van der Waals surface area contributed by atoms with Gasteiger partial charge in [0.2, 0.25) is 5.82 Å². The largest absolute Gasteiger partial charge is 0.475 e. The van der Waals surface area contributed by atoms with Crippen LogP contribution in [0.3, 0.4) is 0 Å². The minimum Gasteiger partial charge on any atom is -0.475 e. The maximum absolute atomic E-state index is 11.1. The molecule has 0 unspecified atom stereocenters. The summed E-state index contributed by atoms with van der Waals surface area (Å²) >= 11 is 0. The summed E-state index contributed by atoms with van der Waals surface area (Å²) < 4.78 is 0. The summed E-state index contributed by atoms with van der Waals surface area (Å²) in [7, 11) is 0. The molecule has 2 N–H and O–H groups in total. The fourth-order valence-corrected chi connectivity index (χ4v) is 2.04. The lowest BCUT2D eigenvalue weighted by Gasteiger charge is -2.09. The molecule has 0 atom stereocenters. The van der Waals surface area contributed by atoms with Gasteiger partial charge in [-0.3, -0.25) is 0 Å². The van der Waals surface area contributed by atoms with Crippen LogP contribution in [-0.2, 0) is 0 Å². The van der Waals surface area contributed by atoms with E-state index in [2.05, 4.69) is 15.3 Å². The van der Waals surface area contributed by atoms with Gasteiger partial charge in [-0.15, -0.1) is 0 Å². The zero-order valence-electron chi connectivity index (χ0n) is 11.4. The smallest absolute Gasteiger partial charge is 0.374 e. The van der Waals surface area contributed by atoms with Crippen molar-refractivity contribution in [1.29, 1.82) is 0 Å². The first-order chi connectivity index (χ1) is 10.1. The van der Waals surface area contributed by atoms with Gasteiger partial charge >= 0.3 is 5.97 Å². The predicted molar refractivity (Wildman–Crippen MR) is 81.0 cm³/mol. The Kier molecular flexibility index (Phi) is 3.23. The second kappa shape index (κ2) is 5.20. The number of carboxylic acid groups (broad SMARTS) is 1. The number of aromatic nitrogens is 2. The van der Waals surface area contributed by atoms with Crippen molar-refractivity contribution in [2.24, 2.45) is 0 Å². The fraction of sp³-hybridized carbons (Fsp3) is 0.0625. The average Bonchev–Trinajstić information content (AvgIpc) is 2.49. The number of hydrogen-bond donors (Lipinski definition) is 2. The lowest BCUT2D eigenvalue weighted by atomic mass is 10.2. The highest BCUT2D eigenvalue weighted by molar-refractivity contribution is 5.94. The van der Waals surface area contributed by atoms with Crippen molar-refractivity contribution in [3.8, 4) is 0 Å². The standard InChI is InChI=1S/C16H13N3O2/c1-10-6-8-11(9-7-10)17-14-12-4-2-3-5-13(12)18-15(19-14)16(20)21/h2-9H,1H3,(H,20,21)(H,17,18,19). The van der Waals surface area contributed by atoms with Crippen LogP contribution in [-0.4, -0.2) is 21.0 Å². The lowest BCUT2D eigenvalue weighted by molar-refractivity contribution is 0.0684. The molecule has 0 aliphatic carbocycles. The van der Waals surface area contributed by atoms with Crippen molar-refractivity contribution < 1.29 is 9.90 Å². The lowest BCUT2D eigenvalue weighted by Crippen LogP contribution is -2.07. The van der Waals surface area contributed by atoms with Crippen molar-refractivity contribution in [3.63, 3.8) is 0 Å². The number of rotatable bonds is 3. The highest BCUT2D eigenvalue weighted by Crippen LogP contribution is 2.23. The Bertz CT molecular complexity index is 813. The van der Waals surface area contributed by atoms with Crippen LogP contribution in [0, 0.1) is 6.92 Å². The summed E-state index contributed by atoms with van der Waals surface area (Å²) in [6.45, 7) is 2.01. The van der Waals surface area contributed by atoms with Crippen LogP contribution in [0.4, 0.5) is 11.5 Å². The molecule has 3 aromatic rings. The van der Waals surface area contributed by atoms with E-state index in [-0.39, 0.29) is 5.82 Å². The van der Waals surface area contributed by atoms with Crippen LogP contribution in [0.25, 0.3) is 10.9 Å². The molecule has 0 saturated carbocycles. The van der Waals surface area contributed by atoms with Crippen LogP contribution in [0.1, 0.15) is 16.2 Å². The molecule has 1 aromatic heterocycles. The molecule has 0 fully saturated rings. The highest BCUT2D eigenvalue weighted by atomic mass is 16.4. The summed E-state index contributed by atoms with van der Waals surface area (Å²) in [5.74, 6) is -0.877. The first-order valence-corrected chi connectivity index (χ1v) is 6.47. The fourth-order valence-electron chi connectivity index (χ4n) is 2.04. The monoisotopic (exact) mass is 279 g/mol. The van der Waals surface area contributed by atoms with Gasteiger partial charge in [0.05, 0.1) is 5.52 Å². The van der Waals surface area contributed by atoms with Gasteiger partial charge in [-0.2, -0.15) is 0 Å². The molecular weight excluding hydrogens is 266 g/mol. The molecule has 5 nitrogen and oxygen atoms in total. The van der Waals surface area contributed by atoms with Gasteiger partial charge in [-0.05, 0) is 31.2 Å². The second-order valence-electron chi connectivity index (χ2n) is 4.71. The Morgan fingerprint density at radius 3 is 2.48 bits per heavy atom. The topological polar surface area (TPSA) is 75.1 Å². The maximum Gasteiger partial charge on any atom is 0.374 e. The molecule has 0 saturated heterocycles. The Hall–Kier alpha value is -2.95. The Morgan fingerprint density at radius 2 is 1.76 bits per heavy atom. The first kappa shape index (κ1) is 13.1. The molecule has 3 rings (SSSR count). The summed E-state index contributed by atoms with van der Waals surface area (Å²) in [5.41, 5.74) is 2.60. The number of carboxylic acids is 1. The number of fused-ring (bicyclic) bond motifs is 1. The van der Waals surface area contributed by atoms with Crippen LogP contribution in [0.15, 0.2) is 48.5 Å². The van der Waals surface area contributed by atoms with E-state index in [1.807, 2.05) is 49.4 Å². The molecule has 5 heteroatoms. The van der Waals surface area contributed by atoms with E-state index in [0.717, 1.165) is 16.6 Å². The third kappa shape index (κ3) is 2.67. The Balaban J connectivity index is 2.11. The Morgan fingerprint density at radius 1 is 1.05 bits per heavy atom. The van der Waals surface area contributed by atoms with E-state index in [4.69, 9.17) is 5.11 Å². The number of anilines is 2. The molecule has 0 bridgehead atoms. The molecule has 2 aromatic carbocycles. The van der Waals surface area contributed by atoms with Crippen molar-refractivity contribution in [1.82, 2.24) is 9.97 Å². The van der Waals surface area contributed by atoms with Crippen LogP contribution in [0.5, 0.6) is 0 Å². The summed E-state index contributed by atoms with van der Waals surface area (Å²) in [4.78, 5) is 19.3. The summed E-state index contributed by atoms with van der Waals surface area (Å²) in [6.07, 6.45) is 0. The number of para-hydroxylation sites is 1. The maximum atomic E-state index is 11.1. The summed E-state index contributed by atoms with van der Waals surface area (Å²) in [5, 5.41) is 13.1. The number of carbonyl (C=O) groups is 1. The second-order valence-corrected chi connectivity index (χ2v) is 4.71. The Labute approximate surface area is 121 Å². The van der Waals surface area contributed by atoms with Crippen LogP contribution in [0.2, 0.25) is 0 Å². The van der Waals surface area contributed by atoms with Gasteiger partial charge < -0.3 is 10.4 Å². The number of aromatic carboxylic acids is 1. The van der Waals surface area contributed by atoms with E-state index >= 15 is 0 Å². The minimum absolute atomic E-state index is 0.219. The van der Waals surface area contributed by atoms with Crippen molar-refractivity contribution in [2.75, 3.05) is 5.32 Å². The van der Waals surface area contributed by atoms with Gasteiger partial charge in [0.1, 0.15) is 5.82 Å². The quantitative estimate of drug-likeness (QED) is 0.768. The SMILES string of the molecule is Cc1ccc(Nc2nc(C(=O)O)nc3ccccc23)cc1.